The summed E-state index contributed by atoms with van der Waals surface area (Å²) in [6.45, 7) is 0. The van der Waals surface area contributed by atoms with Gasteiger partial charge in [-0.3, -0.25) is 5.14 Å². The molecule has 0 saturated heterocycles. The molecule has 1 rings (SSSR count). The minimum absolute atomic E-state index is 0. The lowest BCUT2D eigenvalue weighted by Crippen LogP contribution is -1.75. The van der Waals surface area contributed by atoms with Gasteiger partial charge in [-0.25, -0.2) is 0 Å². The number of nitrogens with two attached hydrogens (primary N) is 1. The third-order valence-electron chi connectivity index (χ3n) is 0.940. The Bertz CT molecular complexity index is 154. The summed E-state index contributed by atoms with van der Waals surface area (Å²) >= 11 is 0.430. The molecule has 0 aromatic heterocycles. The fourth-order valence-electron chi connectivity index (χ4n) is 0.534. The van der Waals surface area contributed by atoms with Gasteiger partial charge in [0, 0.05) is 0 Å². The van der Waals surface area contributed by atoms with Crippen LogP contribution in [-0.4, -0.2) is 0 Å². The zero-order valence-corrected chi connectivity index (χ0v) is 6.69. The Balaban J connectivity index is 0.000000640. The smallest absolute Gasteiger partial charge is 0.00331 e. The first-order chi connectivity index (χ1) is 3.93. The molecule has 0 saturated carbocycles. The van der Waals surface area contributed by atoms with Crippen LogP contribution in [0.2, 0.25) is 0 Å². The van der Waals surface area contributed by atoms with E-state index in [1.54, 1.807) is 0 Å². The lowest BCUT2D eigenvalue weighted by molar-refractivity contribution is 1.46. The van der Waals surface area contributed by atoms with Crippen molar-refractivity contribution in [3.05, 3.63) is 30.3 Å². The number of halogens is 1. The third-order valence-corrected chi connectivity index (χ3v) is 1.61. The van der Waals surface area contributed by atoms with E-state index in [1.165, 1.54) is 4.90 Å². The van der Waals surface area contributed by atoms with Crippen LogP contribution in [0.3, 0.4) is 0 Å². The van der Waals surface area contributed by atoms with Crippen LogP contribution in [0.5, 0.6) is 0 Å². The lowest BCUT2D eigenvalue weighted by Gasteiger charge is -1.92. The predicted molar refractivity (Wildman–Crippen MR) is 46.5 cm³/mol. The molecule has 0 atom stereocenters. The van der Waals surface area contributed by atoms with Crippen LogP contribution >= 0.6 is 24.4 Å². The van der Waals surface area contributed by atoms with Gasteiger partial charge in [-0.2, -0.15) is 11.9 Å². The van der Waals surface area contributed by atoms with Crippen LogP contribution in [0, 0.1) is 0 Å². The minimum atomic E-state index is 0. The van der Waals surface area contributed by atoms with Crippen molar-refractivity contribution >= 4 is 24.4 Å². The maximum atomic E-state index is 5.38. The van der Waals surface area contributed by atoms with Gasteiger partial charge in [0.05, 0.1) is 0 Å². The molecular formula is C6H10ClNS. The van der Waals surface area contributed by atoms with Crippen molar-refractivity contribution in [1.82, 2.24) is 0 Å². The van der Waals surface area contributed by atoms with Crippen LogP contribution in [0.15, 0.2) is 35.2 Å². The van der Waals surface area contributed by atoms with Crippen molar-refractivity contribution < 1.29 is 0 Å². The molecule has 1 aromatic carbocycles. The predicted octanol–water partition coefficient (Wildman–Crippen LogP) is 1.54. The van der Waals surface area contributed by atoms with E-state index in [0.29, 0.717) is 11.9 Å². The molecule has 0 aliphatic heterocycles. The summed E-state index contributed by atoms with van der Waals surface area (Å²) in [5.74, 6) is 0. The van der Waals surface area contributed by atoms with E-state index in [0.717, 1.165) is 0 Å². The van der Waals surface area contributed by atoms with Gasteiger partial charge < -0.3 is 0 Å². The topological polar surface area (TPSA) is 26.0 Å². The van der Waals surface area contributed by atoms with Crippen LogP contribution in [0.25, 0.3) is 0 Å². The molecule has 0 heterocycles. The Hall–Kier alpha value is -0.180. The van der Waals surface area contributed by atoms with Gasteiger partial charge in [-0.05, 0) is 17.0 Å². The summed E-state index contributed by atoms with van der Waals surface area (Å²) in [5, 5.41) is 5.38. The summed E-state index contributed by atoms with van der Waals surface area (Å²) in [4.78, 5) is 1.22. The zero-order chi connectivity index (χ0) is 5.82. The monoisotopic (exact) mass is 163 g/mol. The number of rotatable bonds is 1. The summed E-state index contributed by atoms with van der Waals surface area (Å²) in [7, 11) is 0. The average Bonchev–Trinajstić information content (AvgIpc) is 1.90. The maximum absolute atomic E-state index is 5.38. The molecule has 0 amide bonds. The molecule has 0 unspecified atom stereocenters. The second-order valence-electron chi connectivity index (χ2n) is 1.51. The lowest BCUT2D eigenvalue weighted by atomic mass is 10.4. The van der Waals surface area contributed by atoms with Crippen molar-refractivity contribution in [2.45, 2.75) is 4.90 Å². The average molecular weight is 164 g/mol. The highest BCUT2D eigenvalue weighted by Gasteiger charge is 1.77. The molecule has 1 aromatic rings. The quantitative estimate of drug-likeness (QED) is 0.668. The summed E-state index contributed by atoms with van der Waals surface area (Å²) < 4.78 is 0. The van der Waals surface area contributed by atoms with E-state index in [9.17, 15) is 0 Å². The van der Waals surface area contributed by atoms with E-state index in [-0.39, 0.29) is 12.4 Å². The minimum Gasteiger partial charge on any atom is -0.295 e. The number of benzene rings is 1. The van der Waals surface area contributed by atoms with Crippen molar-refractivity contribution in [2.24, 2.45) is 5.14 Å². The molecule has 9 heavy (non-hydrogen) atoms. The molecule has 0 radical (unpaired) electrons. The fraction of sp³-hybridized carbons (Fsp3) is 0. The molecule has 0 bridgehead atoms. The standard InChI is InChI=1S/C6H9NS.ClH/c7-8-6-4-2-1-3-5-6;/h1-5H,7-8H2;1H. The van der Waals surface area contributed by atoms with Gasteiger partial charge in [-0.15, -0.1) is 12.4 Å². The van der Waals surface area contributed by atoms with Crippen LogP contribution < -0.4 is 5.14 Å². The zero-order valence-electron chi connectivity index (χ0n) is 4.87. The van der Waals surface area contributed by atoms with Gasteiger partial charge in [0.25, 0.3) is 0 Å². The SMILES string of the molecule is Cl.N[SH2]c1ccccc1. The summed E-state index contributed by atoms with van der Waals surface area (Å²) in [6.07, 6.45) is 0. The van der Waals surface area contributed by atoms with Crippen molar-refractivity contribution in [2.75, 3.05) is 0 Å². The van der Waals surface area contributed by atoms with Crippen LogP contribution in [0.1, 0.15) is 0 Å². The van der Waals surface area contributed by atoms with E-state index in [4.69, 9.17) is 5.14 Å². The maximum Gasteiger partial charge on any atom is -0.00331 e. The Kier molecular flexibility index (Phi) is 4.58. The third kappa shape index (κ3) is 2.75. The van der Waals surface area contributed by atoms with E-state index >= 15 is 0 Å². The Morgan fingerprint density at radius 2 is 1.67 bits per heavy atom. The van der Waals surface area contributed by atoms with Crippen molar-refractivity contribution in [3.63, 3.8) is 0 Å². The van der Waals surface area contributed by atoms with Crippen molar-refractivity contribution in [1.29, 1.82) is 0 Å². The van der Waals surface area contributed by atoms with Crippen LogP contribution in [0.4, 0.5) is 0 Å². The molecule has 3 heteroatoms. The fourth-order valence-corrected chi connectivity index (χ4v) is 0.919. The highest BCUT2D eigenvalue weighted by Crippen LogP contribution is 2.08. The molecule has 0 spiro atoms. The molecule has 52 valence electrons. The second kappa shape index (κ2) is 4.68. The van der Waals surface area contributed by atoms with Gasteiger partial charge in [0.1, 0.15) is 0 Å². The highest BCUT2D eigenvalue weighted by atomic mass is 35.5. The number of hydrogen-bond donors (Lipinski definition) is 1. The van der Waals surface area contributed by atoms with Gasteiger partial charge in [0.15, 0.2) is 0 Å². The first-order valence-electron chi connectivity index (χ1n) is 2.45. The van der Waals surface area contributed by atoms with Gasteiger partial charge >= 0.3 is 0 Å². The first kappa shape index (κ1) is 8.82. The van der Waals surface area contributed by atoms with Crippen molar-refractivity contribution in [3.8, 4) is 0 Å². The molecule has 2 N–H and O–H groups in total. The Morgan fingerprint density at radius 3 is 2.00 bits per heavy atom. The Morgan fingerprint density at radius 1 is 1.11 bits per heavy atom. The van der Waals surface area contributed by atoms with E-state index in [1.807, 2.05) is 30.3 Å². The largest absolute Gasteiger partial charge is 0.295 e. The Labute approximate surface area is 65.2 Å². The summed E-state index contributed by atoms with van der Waals surface area (Å²) in [5.41, 5.74) is 0. The van der Waals surface area contributed by atoms with E-state index in [2.05, 4.69) is 0 Å². The van der Waals surface area contributed by atoms with Crippen LogP contribution in [-0.2, 0) is 0 Å². The van der Waals surface area contributed by atoms with Gasteiger partial charge in [-0.1, -0.05) is 18.2 Å². The molecule has 0 fully saturated rings. The van der Waals surface area contributed by atoms with Gasteiger partial charge in [0.2, 0.25) is 0 Å². The number of hydrogen-bond acceptors (Lipinski definition) is 1. The molecule has 1 nitrogen and oxygen atoms in total. The highest BCUT2D eigenvalue weighted by molar-refractivity contribution is 7.97. The second-order valence-corrected chi connectivity index (χ2v) is 2.38. The molecule has 0 aliphatic rings. The molecule has 0 aliphatic carbocycles. The summed E-state index contributed by atoms with van der Waals surface area (Å²) in [6, 6.07) is 10.0. The molecular weight excluding hydrogens is 154 g/mol. The normalized spacial score (nSPS) is 10.3. The first-order valence-corrected chi connectivity index (χ1v) is 3.53. The van der Waals surface area contributed by atoms with E-state index < -0.39 is 0 Å².